The molecule has 0 heterocycles. The Kier molecular flexibility index (Phi) is 3.73. The molecule has 0 unspecified atom stereocenters. The molecule has 1 aliphatic rings. The van der Waals surface area contributed by atoms with Crippen LogP contribution in [0.4, 0.5) is 5.69 Å². The van der Waals surface area contributed by atoms with Gasteiger partial charge in [-0.2, -0.15) is 0 Å². The third-order valence-electron chi connectivity index (χ3n) is 3.25. The smallest absolute Gasteiger partial charge is 0.312 e. The number of ether oxygens (including phenoxy) is 1. The lowest BCUT2D eigenvalue weighted by Gasteiger charge is -2.23. The molecule has 1 aromatic carbocycles. The van der Waals surface area contributed by atoms with Gasteiger partial charge in [-0.25, -0.2) is 0 Å². The lowest BCUT2D eigenvalue weighted by atomic mass is 10.0. The summed E-state index contributed by atoms with van der Waals surface area (Å²) in [6.45, 7) is 0.261. The maximum Gasteiger partial charge on any atom is 0.312 e. The quantitative estimate of drug-likeness (QED) is 0.674. The molecule has 0 bridgehead atoms. The fourth-order valence-corrected chi connectivity index (χ4v) is 2.45. The number of nitrogens with zero attached hydrogens (tertiary/aromatic N) is 1. The Morgan fingerprint density at radius 2 is 2.11 bits per heavy atom. The maximum atomic E-state index is 10.9. The molecule has 0 aromatic heterocycles. The Morgan fingerprint density at radius 3 is 2.72 bits per heavy atom. The standard InChI is InChI=1S/C12H15ClN2O3/c13-9-4-3-5-10(15(16)17)11(9)18-8-12(14)6-1-2-7-12/h3-5H,1-2,6-8,14H2. The SMILES string of the molecule is NC1(COc2c(Cl)cccc2[N+](=O)[O-])CCCC1. The molecule has 1 saturated carbocycles. The molecule has 5 nitrogen and oxygen atoms in total. The van der Waals surface area contributed by atoms with E-state index in [4.69, 9.17) is 22.1 Å². The number of nitro benzene ring substituents is 1. The van der Waals surface area contributed by atoms with Gasteiger partial charge in [0.15, 0.2) is 0 Å². The predicted octanol–water partition coefficient (Wildman–Crippen LogP) is 2.90. The number of hydrogen-bond donors (Lipinski definition) is 1. The van der Waals surface area contributed by atoms with Crippen LogP contribution in [0.1, 0.15) is 25.7 Å². The summed E-state index contributed by atoms with van der Waals surface area (Å²) in [7, 11) is 0. The van der Waals surface area contributed by atoms with E-state index >= 15 is 0 Å². The van der Waals surface area contributed by atoms with Crippen LogP contribution in [-0.4, -0.2) is 17.1 Å². The van der Waals surface area contributed by atoms with Crippen molar-refractivity contribution in [2.24, 2.45) is 5.73 Å². The first kappa shape index (κ1) is 13.1. The molecule has 2 rings (SSSR count). The molecule has 1 aliphatic carbocycles. The van der Waals surface area contributed by atoms with Gasteiger partial charge < -0.3 is 10.5 Å². The first-order chi connectivity index (χ1) is 8.52. The molecule has 98 valence electrons. The van der Waals surface area contributed by atoms with Gasteiger partial charge in [0.05, 0.1) is 15.5 Å². The van der Waals surface area contributed by atoms with Gasteiger partial charge in [0, 0.05) is 6.07 Å². The summed E-state index contributed by atoms with van der Waals surface area (Å²) in [5.74, 6) is 0.112. The summed E-state index contributed by atoms with van der Waals surface area (Å²) in [5, 5.41) is 11.1. The molecule has 0 spiro atoms. The van der Waals surface area contributed by atoms with Crippen LogP contribution in [-0.2, 0) is 0 Å². The third kappa shape index (κ3) is 2.73. The normalized spacial score (nSPS) is 17.7. The zero-order valence-corrected chi connectivity index (χ0v) is 10.7. The van der Waals surface area contributed by atoms with Crippen LogP contribution >= 0.6 is 11.6 Å². The van der Waals surface area contributed by atoms with E-state index in [-0.39, 0.29) is 28.6 Å². The number of para-hydroxylation sites is 1. The minimum atomic E-state index is -0.501. The summed E-state index contributed by atoms with van der Waals surface area (Å²) in [4.78, 5) is 10.4. The zero-order chi connectivity index (χ0) is 13.2. The van der Waals surface area contributed by atoms with Crippen molar-refractivity contribution in [3.8, 4) is 5.75 Å². The number of rotatable bonds is 4. The summed E-state index contributed by atoms with van der Waals surface area (Å²) < 4.78 is 5.52. The average molecular weight is 271 g/mol. The molecular formula is C12H15ClN2O3. The van der Waals surface area contributed by atoms with E-state index in [1.54, 1.807) is 6.07 Å². The number of halogens is 1. The van der Waals surface area contributed by atoms with Crippen molar-refractivity contribution in [3.63, 3.8) is 0 Å². The summed E-state index contributed by atoms with van der Waals surface area (Å²) in [6.07, 6.45) is 3.91. The van der Waals surface area contributed by atoms with Crippen LogP contribution < -0.4 is 10.5 Å². The molecule has 0 aliphatic heterocycles. The Morgan fingerprint density at radius 1 is 1.44 bits per heavy atom. The molecule has 18 heavy (non-hydrogen) atoms. The first-order valence-electron chi connectivity index (χ1n) is 5.86. The van der Waals surface area contributed by atoms with Gasteiger partial charge >= 0.3 is 5.69 Å². The van der Waals surface area contributed by atoms with Crippen molar-refractivity contribution in [2.75, 3.05) is 6.61 Å². The number of hydrogen-bond acceptors (Lipinski definition) is 4. The molecule has 1 aromatic rings. The van der Waals surface area contributed by atoms with Gasteiger partial charge in [-0.3, -0.25) is 10.1 Å². The highest BCUT2D eigenvalue weighted by Gasteiger charge is 2.31. The second-order valence-electron chi connectivity index (χ2n) is 4.70. The van der Waals surface area contributed by atoms with Gasteiger partial charge in [0.1, 0.15) is 6.61 Å². The summed E-state index contributed by atoms with van der Waals surface area (Å²) >= 11 is 5.93. The lowest BCUT2D eigenvalue weighted by Crippen LogP contribution is -2.42. The van der Waals surface area contributed by atoms with E-state index in [1.807, 2.05) is 0 Å². The van der Waals surface area contributed by atoms with Crippen LogP contribution in [0.15, 0.2) is 18.2 Å². The highest BCUT2D eigenvalue weighted by Crippen LogP contribution is 2.36. The van der Waals surface area contributed by atoms with Crippen LogP contribution in [0.3, 0.4) is 0 Å². The minimum absolute atomic E-state index is 0.112. The molecule has 0 saturated heterocycles. The van der Waals surface area contributed by atoms with E-state index in [0.717, 1.165) is 25.7 Å². The number of benzene rings is 1. The highest BCUT2D eigenvalue weighted by molar-refractivity contribution is 6.32. The molecule has 6 heteroatoms. The zero-order valence-electron chi connectivity index (χ0n) is 9.89. The predicted molar refractivity (Wildman–Crippen MR) is 69.0 cm³/mol. The number of nitrogens with two attached hydrogens (primary N) is 1. The highest BCUT2D eigenvalue weighted by atomic mass is 35.5. The minimum Gasteiger partial charge on any atom is -0.484 e. The Labute approximate surface area is 110 Å². The summed E-state index contributed by atoms with van der Waals surface area (Å²) in [5.41, 5.74) is 5.64. The third-order valence-corrected chi connectivity index (χ3v) is 3.54. The van der Waals surface area contributed by atoms with Crippen molar-refractivity contribution in [1.29, 1.82) is 0 Å². The van der Waals surface area contributed by atoms with Crippen molar-refractivity contribution < 1.29 is 9.66 Å². The molecule has 0 atom stereocenters. The van der Waals surface area contributed by atoms with Gasteiger partial charge in [-0.15, -0.1) is 0 Å². The van der Waals surface area contributed by atoms with E-state index in [1.165, 1.54) is 12.1 Å². The van der Waals surface area contributed by atoms with Crippen LogP contribution in [0, 0.1) is 10.1 Å². The van der Waals surface area contributed by atoms with Crippen LogP contribution in [0.2, 0.25) is 5.02 Å². The molecule has 0 radical (unpaired) electrons. The lowest BCUT2D eigenvalue weighted by molar-refractivity contribution is -0.385. The van der Waals surface area contributed by atoms with Crippen LogP contribution in [0.25, 0.3) is 0 Å². The fraction of sp³-hybridized carbons (Fsp3) is 0.500. The summed E-state index contributed by atoms with van der Waals surface area (Å²) in [6, 6.07) is 4.47. The largest absolute Gasteiger partial charge is 0.484 e. The molecular weight excluding hydrogens is 256 g/mol. The van der Waals surface area contributed by atoms with E-state index in [2.05, 4.69) is 0 Å². The van der Waals surface area contributed by atoms with Crippen molar-refractivity contribution >= 4 is 17.3 Å². The molecule has 2 N–H and O–H groups in total. The fourth-order valence-electron chi connectivity index (χ4n) is 2.22. The Balaban J connectivity index is 2.15. The van der Waals surface area contributed by atoms with E-state index < -0.39 is 4.92 Å². The second kappa shape index (κ2) is 5.12. The molecule has 0 amide bonds. The van der Waals surface area contributed by atoms with Gasteiger partial charge in [-0.05, 0) is 18.9 Å². The maximum absolute atomic E-state index is 10.9. The second-order valence-corrected chi connectivity index (χ2v) is 5.11. The molecule has 1 fully saturated rings. The van der Waals surface area contributed by atoms with Crippen LogP contribution in [0.5, 0.6) is 5.75 Å². The topological polar surface area (TPSA) is 78.4 Å². The van der Waals surface area contributed by atoms with Crippen molar-refractivity contribution in [2.45, 2.75) is 31.2 Å². The van der Waals surface area contributed by atoms with E-state index in [9.17, 15) is 10.1 Å². The Bertz CT molecular complexity index is 459. The monoisotopic (exact) mass is 270 g/mol. The van der Waals surface area contributed by atoms with Crippen molar-refractivity contribution in [1.82, 2.24) is 0 Å². The average Bonchev–Trinajstić information content (AvgIpc) is 2.74. The van der Waals surface area contributed by atoms with Crippen molar-refractivity contribution in [3.05, 3.63) is 33.3 Å². The van der Waals surface area contributed by atoms with Gasteiger partial charge in [0.25, 0.3) is 0 Å². The Hall–Kier alpha value is -1.33. The first-order valence-corrected chi connectivity index (χ1v) is 6.24. The van der Waals surface area contributed by atoms with Gasteiger partial charge in [-0.1, -0.05) is 30.5 Å². The van der Waals surface area contributed by atoms with Gasteiger partial charge in [0.2, 0.25) is 5.75 Å². The number of nitro groups is 1. The van der Waals surface area contributed by atoms with E-state index in [0.29, 0.717) is 0 Å².